The lowest BCUT2D eigenvalue weighted by molar-refractivity contribution is 0.611. The van der Waals surface area contributed by atoms with E-state index in [1.807, 2.05) is 48.5 Å². The lowest BCUT2D eigenvalue weighted by atomic mass is 9.98. The highest BCUT2D eigenvalue weighted by molar-refractivity contribution is 6.30. The average Bonchev–Trinajstić information content (AvgIpc) is 2.48. The average molecular weight is 277 g/mol. The standard InChI is InChI=1S/C10H15ClN2.C6H6/c1-8(6-7-13-12)9-2-4-10(11)5-3-9;1-2-4-6-5-3-1/h2-5,8,13H,6-7,12H2,1H3;1-6H. The lowest BCUT2D eigenvalue weighted by Gasteiger charge is -2.10. The van der Waals surface area contributed by atoms with Crippen LogP contribution in [0.15, 0.2) is 60.7 Å². The maximum atomic E-state index is 5.79. The molecule has 2 nitrogen and oxygen atoms in total. The van der Waals surface area contributed by atoms with Gasteiger partial charge < -0.3 is 0 Å². The van der Waals surface area contributed by atoms with E-state index in [2.05, 4.69) is 24.5 Å². The molecule has 1 unspecified atom stereocenters. The number of hydrazine groups is 1. The molecule has 0 spiro atoms. The summed E-state index contributed by atoms with van der Waals surface area (Å²) < 4.78 is 0. The molecule has 2 rings (SSSR count). The van der Waals surface area contributed by atoms with E-state index in [1.54, 1.807) is 0 Å². The summed E-state index contributed by atoms with van der Waals surface area (Å²) in [5, 5.41) is 0.785. The molecule has 0 radical (unpaired) electrons. The minimum atomic E-state index is 0.522. The third-order valence-corrected chi connectivity index (χ3v) is 3.08. The van der Waals surface area contributed by atoms with Crippen LogP contribution in [0.1, 0.15) is 24.8 Å². The van der Waals surface area contributed by atoms with Crippen LogP contribution in [0.2, 0.25) is 5.02 Å². The largest absolute Gasteiger partial charge is 0.271 e. The van der Waals surface area contributed by atoms with Gasteiger partial charge >= 0.3 is 0 Å². The van der Waals surface area contributed by atoms with E-state index in [0.29, 0.717) is 5.92 Å². The fourth-order valence-corrected chi connectivity index (χ4v) is 1.77. The number of hydrogen-bond donors (Lipinski definition) is 2. The molecule has 0 aromatic heterocycles. The molecule has 102 valence electrons. The number of halogens is 1. The third kappa shape index (κ3) is 6.97. The monoisotopic (exact) mass is 276 g/mol. The summed E-state index contributed by atoms with van der Waals surface area (Å²) in [6, 6.07) is 20.0. The van der Waals surface area contributed by atoms with Crippen LogP contribution in [0.25, 0.3) is 0 Å². The van der Waals surface area contributed by atoms with Gasteiger partial charge in [-0.15, -0.1) is 0 Å². The Balaban J connectivity index is 0.000000250. The van der Waals surface area contributed by atoms with Crippen LogP contribution in [0, 0.1) is 0 Å². The third-order valence-electron chi connectivity index (χ3n) is 2.83. The normalized spacial score (nSPS) is 11.3. The van der Waals surface area contributed by atoms with Crippen molar-refractivity contribution in [2.75, 3.05) is 6.54 Å². The Hall–Kier alpha value is -1.35. The summed E-state index contributed by atoms with van der Waals surface area (Å²) in [6.07, 6.45) is 1.04. The summed E-state index contributed by atoms with van der Waals surface area (Å²) in [7, 11) is 0. The van der Waals surface area contributed by atoms with Crippen LogP contribution >= 0.6 is 11.6 Å². The van der Waals surface area contributed by atoms with Crippen molar-refractivity contribution >= 4 is 11.6 Å². The molecule has 3 N–H and O–H groups in total. The Labute approximate surface area is 120 Å². The molecular formula is C16H21ClN2. The van der Waals surface area contributed by atoms with E-state index >= 15 is 0 Å². The van der Waals surface area contributed by atoms with Gasteiger partial charge in [-0.05, 0) is 30.0 Å². The molecule has 3 heteroatoms. The highest BCUT2D eigenvalue weighted by Gasteiger charge is 2.03. The van der Waals surface area contributed by atoms with Gasteiger partial charge in [0.1, 0.15) is 0 Å². The predicted octanol–water partition coefficient (Wildman–Crippen LogP) is 3.98. The molecule has 0 heterocycles. The van der Waals surface area contributed by atoms with Crippen molar-refractivity contribution in [3.63, 3.8) is 0 Å². The SMILES string of the molecule is CC(CCNN)c1ccc(Cl)cc1.c1ccccc1. The van der Waals surface area contributed by atoms with Crippen molar-refractivity contribution in [1.29, 1.82) is 0 Å². The second-order valence-electron chi connectivity index (χ2n) is 4.35. The Bertz CT molecular complexity index is 402. The zero-order chi connectivity index (χ0) is 13.9. The van der Waals surface area contributed by atoms with Gasteiger partial charge in [0.25, 0.3) is 0 Å². The Kier molecular flexibility index (Phi) is 7.91. The summed E-state index contributed by atoms with van der Waals surface area (Å²) in [5.41, 5.74) is 3.96. The van der Waals surface area contributed by atoms with Crippen molar-refractivity contribution in [3.05, 3.63) is 71.2 Å². The maximum absolute atomic E-state index is 5.79. The van der Waals surface area contributed by atoms with Crippen molar-refractivity contribution in [2.45, 2.75) is 19.3 Å². The number of hydrogen-bond acceptors (Lipinski definition) is 2. The second kappa shape index (κ2) is 9.56. The maximum Gasteiger partial charge on any atom is 0.0406 e. The van der Waals surface area contributed by atoms with E-state index in [1.165, 1.54) is 5.56 Å². The van der Waals surface area contributed by atoms with Gasteiger partial charge in [0.2, 0.25) is 0 Å². The highest BCUT2D eigenvalue weighted by atomic mass is 35.5. The van der Waals surface area contributed by atoms with Gasteiger partial charge in [-0.2, -0.15) is 0 Å². The predicted molar refractivity (Wildman–Crippen MR) is 83.1 cm³/mol. The first-order valence-electron chi connectivity index (χ1n) is 6.43. The number of nitrogens with one attached hydrogen (secondary N) is 1. The van der Waals surface area contributed by atoms with E-state index in [0.717, 1.165) is 18.0 Å². The van der Waals surface area contributed by atoms with Crippen LogP contribution in [0.3, 0.4) is 0 Å². The number of nitrogens with two attached hydrogens (primary N) is 1. The van der Waals surface area contributed by atoms with Gasteiger partial charge in [-0.3, -0.25) is 11.3 Å². The van der Waals surface area contributed by atoms with E-state index in [9.17, 15) is 0 Å². The topological polar surface area (TPSA) is 38.0 Å². The Morgan fingerprint density at radius 2 is 1.47 bits per heavy atom. The molecule has 0 saturated heterocycles. The fourth-order valence-electron chi connectivity index (χ4n) is 1.64. The van der Waals surface area contributed by atoms with Crippen molar-refractivity contribution < 1.29 is 0 Å². The molecule has 19 heavy (non-hydrogen) atoms. The molecule has 0 amide bonds. The van der Waals surface area contributed by atoms with Crippen LogP contribution in [0.4, 0.5) is 0 Å². The highest BCUT2D eigenvalue weighted by Crippen LogP contribution is 2.20. The van der Waals surface area contributed by atoms with E-state index in [4.69, 9.17) is 17.4 Å². The lowest BCUT2D eigenvalue weighted by Crippen LogP contribution is -2.23. The molecule has 0 aliphatic heterocycles. The molecule has 0 aliphatic rings. The molecule has 0 bridgehead atoms. The van der Waals surface area contributed by atoms with Crippen molar-refractivity contribution in [3.8, 4) is 0 Å². The zero-order valence-corrected chi connectivity index (χ0v) is 12.0. The second-order valence-corrected chi connectivity index (χ2v) is 4.79. The van der Waals surface area contributed by atoms with Crippen molar-refractivity contribution in [2.24, 2.45) is 5.84 Å². The molecule has 0 saturated carbocycles. The van der Waals surface area contributed by atoms with Gasteiger partial charge in [0.05, 0.1) is 0 Å². The van der Waals surface area contributed by atoms with Gasteiger partial charge in [-0.25, -0.2) is 0 Å². The summed E-state index contributed by atoms with van der Waals surface area (Å²) in [4.78, 5) is 0. The van der Waals surface area contributed by atoms with Crippen LogP contribution in [0.5, 0.6) is 0 Å². The number of rotatable bonds is 4. The van der Waals surface area contributed by atoms with Crippen LogP contribution in [-0.2, 0) is 0 Å². The van der Waals surface area contributed by atoms with Gasteiger partial charge in [0, 0.05) is 11.6 Å². The Morgan fingerprint density at radius 1 is 1.00 bits per heavy atom. The van der Waals surface area contributed by atoms with Gasteiger partial charge in [-0.1, -0.05) is 67.1 Å². The van der Waals surface area contributed by atoms with Crippen LogP contribution in [-0.4, -0.2) is 6.54 Å². The molecule has 2 aromatic rings. The molecular weight excluding hydrogens is 256 g/mol. The van der Waals surface area contributed by atoms with E-state index < -0.39 is 0 Å². The first-order chi connectivity index (χ1) is 9.24. The minimum absolute atomic E-state index is 0.522. The first-order valence-corrected chi connectivity index (χ1v) is 6.80. The first kappa shape index (κ1) is 15.7. The molecule has 0 aliphatic carbocycles. The van der Waals surface area contributed by atoms with Crippen LogP contribution < -0.4 is 11.3 Å². The fraction of sp³-hybridized carbons (Fsp3) is 0.250. The minimum Gasteiger partial charge on any atom is -0.271 e. The number of benzene rings is 2. The Morgan fingerprint density at radius 3 is 1.89 bits per heavy atom. The van der Waals surface area contributed by atoms with Crippen molar-refractivity contribution in [1.82, 2.24) is 5.43 Å². The van der Waals surface area contributed by atoms with Gasteiger partial charge in [0.15, 0.2) is 0 Å². The smallest absolute Gasteiger partial charge is 0.0406 e. The summed E-state index contributed by atoms with van der Waals surface area (Å²) in [5.74, 6) is 5.73. The molecule has 2 aromatic carbocycles. The zero-order valence-electron chi connectivity index (χ0n) is 11.2. The molecule has 0 fully saturated rings. The molecule has 1 atom stereocenters. The summed E-state index contributed by atoms with van der Waals surface area (Å²) in [6.45, 7) is 3.02. The summed E-state index contributed by atoms with van der Waals surface area (Å²) >= 11 is 5.79. The quantitative estimate of drug-likeness (QED) is 0.655. The van der Waals surface area contributed by atoms with E-state index in [-0.39, 0.29) is 0 Å².